The lowest BCUT2D eigenvalue weighted by Gasteiger charge is -2.24. The zero-order valence-electron chi connectivity index (χ0n) is 16.3. The van der Waals surface area contributed by atoms with Crippen LogP contribution in [0.2, 0.25) is 0 Å². The SMILES string of the molecule is CN=C(NCc1cccc(OCC(F)(F)F)c1)NC1CCN(C2CCCC2)C1. The Morgan fingerprint density at radius 3 is 2.75 bits per heavy atom. The molecular weight excluding hydrogens is 369 g/mol. The molecule has 1 aliphatic heterocycles. The second kappa shape index (κ2) is 9.49. The number of nitrogens with zero attached hydrogens (tertiary/aromatic N) is 2. The topological polar surface area (TPSA) is 48.9 Å². The molecule has 0 spiro atoms. The number of benzene rings is 1. The number of nitrogens with one attached hydrogen (secondary N) is 2. The van der Waals surface area contributed by atoms with Gasteiger partial charge in [-0.15, -0.1) is 0 Å². The van der Waals surface area contributed by atoms with Gasteiger partial charge in [-0.05, 0) is 37.0 Å². The molecule has 5 nitrogen and oxygen atoms in total. The minimum atomic E-state index is -4.34. The van der Waals surface area contributed by atoms with E-state index in [1.54, 1.807) is 19.2 Å². The molecule has 1 aromatic rings. The maximum Gasteiger partial charge on any atom is 0.422 e. The Morgan fingerprint density at radius 2 is 2.04 bits per heavy atom. The molecule has 0 amide bonds. The van der Waals surface area contributed by atoms with Gasteiger partial charge in [-0.25, -0.2) is 0 Å². The summed E-state index contributed by atoms with van der Waals surface area (Å²) in [4.78, 5) is 6.86. The van der Waals surface area contributed by atoms with Crippen LogP contribution in [0.5, 0.6) is 5.75 Å². The number of likely N-dealkylation sites (tertiary alicyclic amines) is 1. The molecule has 8 heteroatoms. The maximum atomic E-state index is 12.3. The fourth-order valence-electron chi connectivity index (χ4n) is 3.99. The van der Waals surface area contributed by atoms with Crippen LogP contribution in [0.3, 0.4) is 0 Å². The molecule has 1 unspecified atom stereocenters. The van der Waals surface area contributed by atoms with Crippen molar-refractivity contribution in [3.63, 3.8) is 0 Å². The summed E-state index contributed by atoms with van der Waals surface area (Å²) < 4.78 is 41.7. The summed E-state index contributed by atoms with van der Waals surface area (Å²) >= 11 is 0. The molecule has 156 valence electrons. The molecule has 0 aromatic heterocycles. The van der Waals surface area contributed by atoms with Crippen molar-refractivity contribution in [2.45, 2.75) is 56.9 Å². The van der Waals surface area contributed by atoms with Gasteiger partial charge in [0.2, 0.25) is 0 Å². The lowest BCUT2D eigenvalue weighted by Crippen LogP contribution is -2.45. The Labute approximate surface area is 164 Å². The molecule has 1 saturated heterocycles. The molecule has 1 atom stereocenters. The normalized spacial score (nSPS) is 21.9. The number of hydrogen-bond acceptors (Lipinski definition) is 3. The minimum Gasteiger partial charge on any atom is -0.484 e. The van der Waals surface area contributed by atoms with Gasteiger partial charge in [0.25, 0.3) is 0 Å². The first-order chi connectivity index (χ1) is 13.4. The van der Waals surface area contributed by atoms with Crippen LogP contribution >= 0.6 is 0 Å². The van der Waals surface area contributed by atoms with Crippen molar-refractivity contribution in [3.8, 4) is 5.75 Å². The van der Waals surface area contributed by atoms with E-state index in [2.05, 4.69) is 20.5 Å². The zero-order valence-corrected chi connectivity index (χ0v) is 16.3. The van der Waals surface area contributed by atoms with Gasteiger partial charge in [0.1, 0.15) is 5.75 Å². The smallest absolute Gasteiger partial charge is 0.422 e. The Bertz CT molecular complexity index is 659. The summed E-state index contributed by atoms with van der Waals surface area (Å²) in [6.45, 7) is 1.33. The lowest BCUT2D eigenvalue weighted by molar-refractivity contribution is -0.153. The molecule has 0 radical (unpaired) electrons. The highest BCUT2D eigenvalue weighted by Crippen LogP contribution is 2.26. The number of aliphatic imine (C=N–C) groups is 1. The number of rotatable bonds is 6. The van der Waals surface area contributed by atoms with Crippen molar-refractivity contribution >= 4 is 5.96 Å². The monoisotopic (exact) mass is 398 g/mol. The highest BCUT2D eigenvalue weighted by molar-refractivity contribution is 5.80. The van der Waals surface area contributed by atoms with E-state index in [0.29, 0.717) is 18.5 Å². The van der Waals surface area contributed by atoms with Crippen LogP contribution in [0.1, 0.15) is 37.7 Å². The van der Waals surface area contributed by atoms with Gasteiger partial charge in [-0.2, -0.15) is 13.2 Å². The standard InChI is InChI=1S/C20H29F3N4O/c1-24-19(26-16-9-10-27(13-16)17-6-2-3-7-17)25-12-15-5-4-8-18(11-15)28-14-20(21,22)23/h4-5,8,11,16-17H,2-3,6-7,9-10,12-14H2,1H3,(H2,24,25,26). The van der Waals surface area contributed by atoms with Gasteiger partial charge in [-0.1, -0.05) is 25.0 Å². The molecule has 2 aliphatic rings. The third-order valence-electron chi connectivity index (χ3n) is 5.39. The van der Waals surface area contributed by atoms with Gasteiger partial charge in [0.15, 0.2) is 12.6 Å². The first-order valence-corrected chi connectivity index (χ1v) is 9.92. The Morgan fingerprint density at radius 1 is 1.25 bits per heavy atom. The van der Waals surface area contributed by atoms with Crippen LogP contribution in [0.4, 0.5) is 13.2 Å². The fraction of sp³-hybridized carbons (Fsp3) is 0.650. The number of alkyl halides is 3. The minimum absolute atomic E-state index is 0.211. The first-order valence-electron chi connectivity index (χ1n) is 9.92. The highest BCUT2D eigenvalue weighted by atomic mass is 19.4. The molecule has 1 aliphatic carbocycles. The third-order valence-corrected chi connectivity index (χ3v) is 5.39. The molecule has 1 aromatic carbocycles. The number of halogens is 3. The number of hydrogen-bond donors (Lipinski definition) is 2. The lowest BCUT2D eigenvalue weighted by atomic mass is 10.2. The van der Waals surface area contributed by atoms with Crippen LogP contribution in [0.25, 0.3) is 0 Å². The molecule has 2 fully saturated rings. The van der Waals surface area contributed by atoms with Crippen molar-refractivity contribution in [2.75, 3.05) is 26.7 Å². The van der Waals surface area contributed by atoms with E-state index in [1.165, 1.54) is 31.7 Å². The second-order valence-electron chi connectivity index (χ2n) is 7.54. The van der Waals surface area contributed by atoms with Gasteiger partial charge in [-0.3, -0.25) is 9.89 Å². The van der Waals surface area contributed by atoms with Crippen molar-refractivity contribution in [3.05, 3.63) is 29.8 Å². The Balaban J connectivity index is 1.45. The van der Waals surface area contributed by atoms with Crippen molar-refractivity contribution in [2.24, 2.45) is 4.99 Å². The van der Waals surface area contributed by atoms with Crippen molar-refractivity contribution < 1.29 is 17.9 Å². The molecule has 1 saturated carbocycles. The molecule has 2 N–H and O–H groups in total. The predicted octanol–water partition coefficient (Wildman–Crippen LogP) is 3.31. The summed E-state index contributed by atoms with van der Waals surface area (Å²) in [5.41, 5.74) is 0.835. The Kier molecular flexibility index (Phi) is 7.04. The summed E-state index contributed by atoms with van der Waals surface area (Å²) in [5, 5.41) is 6.71. The molecule has 0 bridgehead atoms. The van der Waals surface area contributed by atoms with Gasteiger partial charge in [0.05, 0.1) is 0 Å². The summed E-state index contributed by atoms with van der Waals surface area (Å²) in [6.07, 6.45) is 2.06. The number of guanidine groups is 1. The van der Waals surface area contributed by atoms with Crippen LogP contribution in [0.15, 0.2) is 29.3 Å². The van der Waals surface area contributed by atoms with Crippen molar-refractivity contribution in [1.82, 2.24) is 15.5 Å². The van der Waals surface area contributed by atoms with Gasteiger partial charge < -0.3 is 15.4 Å². The van der Waals surface area contributed by atoms with E-state index < -0.39 is 12.8 Å². The van der Waals surface area contributed by atoms with E-state index in [0.717, 1.165) is 31.1 Å². The second-order valence-corrected chi connectivity index (χ2v) is 7.54. The first kappa shape index (κ1) is 20.8. The molecule has 3 rings (SSSR count). The van der Waals surface area contributed by atoms with Gasteiger partial charge >= 0.3 is 6.18 Å². The van der Waals surface area contributed by atoms with Crippen LogP contribution < -0.4 is 15.4 Å². The predicted molar refractivity (Wildman–Crippen MR) is 104 cm³/mol. The molecule has 28 heavy (non-hydrogen) atoms. The van der Waals surface area contributed by atoms with E-state index in [4.69, 9.17) is 4.74 Å². The van der Waals surface area contributed by atoms with Gasteiger partial charge in [0, 0.05) is 38.8 Å². The van der Waals surface area contributed by atoms with Crippen LogP contribution in [-0.2, 0) is 6.54 Å². The highest BCUT2D eigenvalue weighted by Gasteiger charge is 2.30. The summed E-state index contributed by atoms with van der Waals surface area (Å²) in [5.74, 6) is 0.919. The Hall–Kier alpha value is -1.96. The summed E-state index contributed by atoms with van der Waals surface area (Å²) in [7, 11) is 1.72. The fourth-order valence-corrected chi connectivity index (χ4v) is 3.99. The molecular formula is C20H29F3N4O. The number of ether oxygens (including phenoxy) is 1. The van der Waals surface area contributed by atoms with E-state index in [1.807, 2.05) is 6.07 Å². The van der Waals surface area contributed by atoms with E-state index in [9.17, 15) is 13.2 Å². The van der Waals surface area contributed by atoms with Crippen molar-refractivity contribution in [1.29, 1.82) is 0 Å². The third kappa shape index (κ3) is 6.29. The van der Waals surface area contributed by atoms with E-state index in [-0.39, 0.29) is 5.75 Å². The zero-order chi connectivity index (χ0) is 20.0. The average Bonchev–Trinajstić information content (AvgIpc) is 3.35. The average molecular weight is 398 g/mol. The molecule has 1 heterocycles. The van der Waals surface area contributed by atoms with Crippen LogP contribution in [-0.4, -0.2) is 55.9 Å². The van der Waals surface area contributed by atoms with Crippen LogP contribution in [0, 0.1) is 0 Å². The largest absolute Gasteiger partial charge is 0.484 e. The maximum absolute atomic E-state index is 12.3. The summed E-state index contributed by atoms with van der Waals surface area (Å²) in [6, 6.07) is 7.78. The quantitative estimate of drug-likeness (QED) is 0.570. The van der Waals surface area contributed by atoms with E-state index >= 15 is 0 Å².